The molecule has 0 unspecified atom stereocenters. The summed E-state index contributed by atoms with van der Waals surface area (Å²) in [4.78, 5) is 21.4. The number of aromatic nitrogens is 4. The highest BCUT2D eigenvalue weighted by atomic mass is 16.5. The van der Waals surface area contributed by atoms with Crippen LogP contribution in [0.25, 0.3) is 0 Å². The molecule has 2 N–H and O–H groups in total. The summed E-state index contributed by atoms with van der Waals surface area (Å²) in [6.45, 7) is 0.527. The summed E-state index contributed by atoms with van der Waals surface area (Å²) in [5.41, 5.74) is -0.245. The summed E-state index contributed by atoms with van der Waals surface area (Å²) in [6, 6.07) is 0. The van der Waals surface area contributed by atoms with E-state index in [9.17, 15) is 4.79 Å². The molecule has 0 bridgehead atoms. The first-order chi connectivity index (χ1) is 7.36. The fraction of sp³-hybridized carbons (Fsp3) is 0.250. The van der Waals surface area contributed by atoms with Gasteiger partial charge < -0.3 is 14.8 Å². The van der Waals surface area contributed by atoms with Gasteiger partial charge in [-0.25, -0.2) is 4.98 Å². The van der Waals surface area contributed by atoms with E-state index >= 15 is 0 Å². The number of rotatable bonds is 4. The molecule has 0 aliphatic carbocycles. The van der Waals surface area contributed by atoms with Crippen LogP contribution >= 0.6 is 0 Å². The number of nitrogens with zero attached hydrogens (tertiary/aromatic N) is 3. The van der Waals surface area contributed by atoms with Crippen molar-refractivity contribution >= 4 is 5.82 Å². The lowest BCUT2D eigenvalue weighted by Gasteiger charge is -2.00. The number of nitrogens with one attached hydrogen (secondary N) is 2. The monoisotopic (exact) mass is 207 g/mol. The molecule has 2 heterocycles. The van der Waals surface area contributed by atoms with Gasteiger partial charge in [0.1, 0.15) is 0 Å². The molecule has 0 spiro atoms. The Morgan fingerprint density at radius 3 is 3.13 bits per heavy atom. The van der Waals surface area contributed by atoms with Crippen molar-refractivity contribution in [3.8, 4) is 0 Å². The molecule has 0 radical (unpaired) electrons. The minimum Gasteiger partial charge on any atom is -0.365 e. The molecule has 0 saturated heterocycles. The first-order valence-corrected chi connectivity index (χ1v) is 4.39. The van der Waals surface area contributed by atoms with Gasteiger partial charge in [-0.15, -0.1) is 0 Å². The molecule has 2 rings (SSSR count). The fourth-order valence-electron chi connectivity index (χ4n) is 1.07. The topological polar surface area (TPSA) is 96.7 Å². The van der Waals surface area contributed by atoms with Gasteiger partial charge >= 0.3 is 0 Å². The lowest BCUT2D eigenvalue weighted by Crippen LogP contribution is -2.17. The number of H-pyrrole nitrogens is 1. The van der Waals surface area contributed by atoms with Gasteiger partial charge in [0.15, 0.2) is 11.6 Å². The Hall–Kier alpha value is -2.18. The lowest BCUT2D eigenvalue weighted by atomic mass is 10.4. The van der Waals surface area contributed by atoms with Gasteiger partial charge in [0.05, 0.1) is 0 Å². The van der Waals surface area contributed by atoms with Gasteiger partial charge in [-0.2, -0.15) is 4.98 Å². The van der Waals surface area contributed by atoms with Crippen LogP contribution in [0.2, 0.25) is 0 Å². The molecule has 0 aliphatic rings. The van der Waals surface area contributed by atoms with E-state index in [0.717, 1.165) is 0 Å². The van der Waals surface area contributed by atoms with Gasteiger partial charge in [0, 0.05) is 25.4 Å². The van der Waals surface area contributed by atoms with Crippen LogP contribution < -0.4 is 10.9 Å². The lowest BCUT2D eigenvalue weighted by molar-refractivity contribution is 0.410. The summed E-state index contributed by atoms with van der Waals surface area (Å²) >= 11 is 0. The van der Waals surface area contributed by atoms with Gasteiger partial charge in [-0.3, -0.25) is 4.79 Å². The number of hydrogen-bond donors (Lipinski definition) is 2. The van der Waals surface area contributed by atoms with Gasteiger partial charge in [-0.05, 0) is 0 Å². The van der Waals surface area contributed by atoms with Crippen molar-refractivity contribution in [1.82, 2.24) is 20.1 Å². The predicted octanol–water partition coefficient (Wildman–Crippen LogP) is -0.193. The molecule has 78 valence electrons. The minimum absolute atomic E-state index is 0.245. The predicted molar refractivity (Wildman–Crippen MR) is 51.3 cm³/mol. The summed E-state index contributed by atoms with van der Waals surface area (Å²) in [6.07, 6.45) is 4.83. The van der Waals surface area contributed by atoms with Crippen LogP contribution in [0.4, 0.5) is 5.82 Å². The van der Waals surface area contributed by atoms with Crippen molar-refractivity contribution in [3.05, 3.63) is 35.0 Å². The van der Waals surface area contributed by atoms with E-state index in [0.29, 0.717) is 24.6 Å². The molecule has 0 aromatic carbocycles. The van der Waals surface area contributed by atoms with E-state index in [1.807, 2.05) is 0 Å². The third-order valence-corrected chi connectivity index (χ3v) is 1.76. The maximum atomic E-state index is 11.2. The fourth-order valence-corrected chi connectivity index (χ4v) is 1.07. The van der Waals surface area contributed by atoms with Crippen molar-refractivity contribution in [3.63, 3.8) is 0 Å². The Morgan fingerprint density at radius 2 is 2.40 bits per heavy atom. The Morgan fingerprint density at radius 1 is 1.47 bits per heavy atom. The zero-order valence-electron chi connectivity index (χ0n) is 7.80. The van der Waals surface area contributed by atoms with Crippen molar-refractivity contribution < 1.29 is 4.52 Å². The zero-order valence-corrected chi connectivity index (χ0v) is 7.80. The Balaban J connectivity index is 1.89. The van der Waals surface area contributed by atoms with Crippen LogP contribution in [0.1, 0.15) is 5.82 Å². The number of hydrogen-bond acceptors (Lipinski definition) is 6. The Bertz CT molecular complexity index is 464. The average molecular weight is 207 g/mol. The number of aromatic amines is 1. The highest BCUT2D eigenvalue weighted by molar-refractivity contribution is 5.29. The molecule has 0 saturated carbocycles. The zero-order chi connectivity index (χ0) is 10.5. The second kappa shape index (κ2) is 4.36. The molecule has 15 heavy (non-hydrogen) atoms. The molecule has 2 aromatic heterocycles. The van der Waals surface area contributed by atoms with Gasteiger partial charge in [0.25, 0.3) is 5.56 Å². The first-order valence-electron chi connectivity index (χ1n) is 4.39. The van der Waals surface area contributed by atoms with Crippen molar-refractivity contribution in [2.24, 2.45) is 0 Å². The van der Waals surface area contributed by atoms with Crippen molar-refractivity contribution in [2.75, 3.05) is 11.9 Å². The van der Waals surface area contributed by atoms with Crippen molar-refractivity contribution in [1.29, 1.82) is 0 Å². The van der Waals surface area contributed by atoms with Crippen LogP contribution in [0.3, 0.4) is 0 Å². The van der Waals surface area contributed by atoms with E-state index in [1.54, 1.807) is 0 Å². The normalized spacial score (nSPS) is 10.1. The van der Waals surface area contributed by atoms with Crippen LogP contribution in [0.15, 0.2) is 28.1 Å². The quantitative estimate of drug-likeness (QED) is 0.721. The highest BCUT2D eigenvalue weighted by Gasteiger charge is 2.00. The summed E-state index contributed by atoms with van der Waals surface area (Å²) in [5.74, 6) is 0.885. The van der Waals surface area contributed by atoms with Crippen LogP contribution in [0.5, 0.6) is 0 Å². The van der Waals surface area contributed by atoms with Crippen molar-refractivity contribution in [2.45, 2.75) is 6.42 Å². The van der Waals surface area contributed by atoms with E-state index in [2.05, 4.69) is 29.9 Å². The summed E-state index contributed by atoms with van der Waals surface area (Å²) in [5, 5.41) is 6.51. The maximum absolute atomic E-state index is 11.2. The molecule has 7 nitrogen and oxygen atoms in total. The molecular weight excluding hydrogens is 198 g/mol. The van der Waals surface area contributed by atoms with Crippen LogP contribution in [-0.2, 0) is 6.42 Å². The van der Waals surface area contributed by atoms with E-state index in [1.165, 1.54) is 18.8 Å². The Labute approximate surface area is 84.6 Å². The van der Waals surface area contributed by atoms with E-state index in [-0.39, 0.29) is 5.56 Å². The summed E-state index contributed by atoms with van der Waals surface area (Å²) in [7, 11) is 0. The van der Waals surface area contributed by atoms with Gasteiger partial charge in [0.2, 0.25) is 6.39 Å². The largest absolute Gasteiger partial charge is 0.365 e. The third kappa shape index (κ3) is 2.39. The highest BCUT2D eigenvalue weighted by Crippen LogP contribution is 1.93. The van der Waals surface area contributed by atoms with Gasteiger partial charge in [-0.1, -0.05) is 5.16 Å². The van der Waals surface area contributed by atoms with Crippen LogP contribution in [-0.4, -0.2) is 26.7 Å². The minimum atomic E-state index is -0.245. The Kier molecular flexibility index (Phi) is 2.72. The second-order valence-corrected chi connectivity index (χ2v) is 2.79. The smallest absolute Gasteiger partial charge is 0.290 e. The molecule has 2 aromatic rings. The third-order valence-electron chi connectivity index (χ3n) is 1.76. The number of anilines is 1. The van der Waals surface area contributed by atoms with E-state index in [4.69, 9.17) is 0 Å². The molecular formula is C8H9N5O2. The molecule has 0 fully saturated rings. The first kappa shape index (κ1) is 9.38. The second-order valence-electron chi connectivity index (χ2n) is 2.79. The summed E-state index contributed by atoms with van der Waals surface area (Å²) < 4.78 is 4.57. The maximum Gasteiger partial charge on any atom is 0.290 e. The molecule has 0 amide bonds. The average Bonchev–Trinajstić information content (AvgIpc) is 2.74. The molecule has 7 heteroatoms. The SMILES string of the molecule is O=c1[nH]ccnc1NCCc1ncon1. The molecule has 0 atom stereocenters. The van der Waals surface area contributed by atoms with Crippen LogP contribution in [0, 0.1) is 0 Å². The van der Waals surface area contributed by atoms with E-state index < -0.39 is 0 Å². The standard InChI is InChI=1S/C8H9N5O2/c14-8-7(10-3-4-11-8)9-2-1-6-12-5-15-13-6/h3-5H,1-2H2,(H,9,10)(H,11,14). The molecule has 0 aliphatic heterocycles.